The van der Waals surface area contributed by atoms with Gasteiger partial charge in [-0.2, -0.15) is 0 Å². The molecule has 0 aliphatic heterocycles. The van der Waals surface area contributed by atoms with E-state index in [-0.39, 0.29) is 11.8 Å². The molecule has 0 amide bonds. The van der Waals surface area contributed by atoms with Gasteiger partial charge in [0.2, 0.25) is 0 Å². The molecule has 0 spiro atoms. The highest BCUT2D eigenvalue weighted by atomic mass is 16.5. The second kappa shape index (κ2) is 11.4. The number of hydrogen-bond donors (Lipinski definition) is 2. The molecule has 5 heteroatoms. The van der Waals surface area contributed by atoms with E-state index in [1.807, 2.05) is 0 Å². The predicted molar refractivity (Wildman–Crippen MR) is 145 cm³/mol. The molecule has 0 bridgehead atoms. The third kappa shape index (κ3) is 5.05. The van der Waals surface area contributed by atoms with E-state index >= 15 is 0 Å². The van der Waals surface area contributed by atoms with Crippen LogP contribution in [0.4, 0.5) is 0 Å². The average Bonchev–Trinajstić information content (AvgIpc) is 3.22. The van der Waals surface area contributed by atoms with Crippen molar-refractivity contribution in [3.05, 3.63) is 0 Å². The summed E-state index contributed by atoms with van der Waals surface area (Å²) in [7, 11) is 1.37. The highest BCUT2D eigenvalue weighted by molar-refractivity contribution is 6.03. The minimum Gasteiger partial charge on any atom is -0.468 e. The van der Waals surface area contributed by atoms with Crippen molar-refractivity contribution < 1.29 is 14.3 Å². The van der Waals surface area contributed by atoms with Gasteiger partial charge in [-0.1, -0.05) is 40.5 Å². The number of carbonyl (C=O) groups excluding carboxylic acids is 2. The third-order valence-electron chi connectivity index (χ3n) is 12.0. The molecule has 5 nitrogen and oxygen atoms in total. The van der Waals surface area contributed by atoms with Gasteiger partial charge in [-0.25, -0.2) is 4.79 Å². The van der Waals surface area contributed by atoms with Crippen LogP contribution in [-0.2, 0) is 14.3 Å². The van der Waals surface area contributed by atoms with Gasteiger partial charge >= 0.3 is 5.97 Å². The normalized spacial score (nSPS) is 41.5. The quantitative estimate of drug-likeness (QED) is 0.288. The molecule has 0 saturated heterocycles. The summed E-state index contributed by atoms with van der Waals surface area (Å²) in [5.41, 5.74) is 6.55. The predicted octanol–water partition coefficient (Wildman–Crippen LogP) is 5.89. The Labute approximate surface area is 220 Å². The van der Waals surface area contributed by atoms with Gasteiger partial charge in [0, 0.05) is 12.5 Å². The molecular formula is C31H54N2O3. The standard InChI is InChI=1S/C31H54N2O3/c1-6-8-20(2)24-12-13-25-23-11-10-21-19-22(33-28(29(35)36-5)27(34)9-7-18-32)14-16-30(21,3)26(23)15-17-31(24,25)4/h20-26,28,33H,6-19,32H2,1-5H3/t20-,21?,22?,23?,24-,25?,26?,28+,30+,31-/m1/s1. The van der Waals surface area contributed by atoms with E-state index in [0.717, 1.165) is 42.4 Å². The van der Waals surface area contributed by atoms with Crippen molar-refractivity contribution in [2.24, 2.45) is 52.1 Å². The lowest BCUT2D eigenvalue weighted by Gasteiger charge is -2.61. The maximum atomic E-state index is 12.7. The number of rotatable bonds is 10. The van der Waals surface area contributed by atoms with Crippen LogP contribution in [0.25, 0.3) is 0 Å². The van der Waals surface area contributed by atoms with Crippen LogP contribution in [0.3, 0.4) is 0 Å². The summed E-state index contributed by atoms with van der Waals surface area (Å²) in [6, 6.07) is -0.631. The van der Waals surface area contributed by atoms with Gasteiger partial charge in [-0.3, -0.25) is 10.1 Å². The van der Waals surface area contributed by atoms with Gasteiger partial charge in [-0.05, 0) is 117 Å². The molecule has 3 N–H and O–H groups in total. The van der Waals surface area contributed by atoms with Crippen molar-refractivity contribution in [2.75, 3.05) is 13.7 Å². The van der Waals surface area contributed by atoms with Gasteiger partial charge in [0.05, 0.1) is 7.11 Å². The number of esters is 1. The summed E-state index contributed by atoms with van der Waals surface area (Å²) in [4.78, 5) is 25.2. The van der Waals surface area contributed by atoms with Crippen LogP contribution in [0.5, 0.6) is 0 Å². The Balaban J connectivity index is 1.43. The molecule has 5 unspecified atom stereocenters. The minimum atomic E-state index is -0.844. The van der Waals surface area contributed by atoms with Gasteiger partial charge in [0.25, 0.3) is 0 Å². The monoisotopic (exact) mass is 502 g/mol. The van der Waals surface area contributed by atoms with Crippen molar-refractivity contribution in [2.45, 2.75) is 123 Å². The van der Waals surface area contributed by atoms with E-state index < -0.39 is 12.0 Å². The molecule has 0 aromatic rings. The lowest BCUT2D eigenvalue weighted by atomic mass is 9.44. The van der Waals surface area contributed by atoms with Gasteiger partial charge < -0.3 is 10.5 Å². The molecule has 4 rings (SSSR count). The fourth-order valence-corrected chi connectivity index (χ4v) is 10.1. The van der Waals surface area contributed by atoms with Crippen LogP contribution in [0, 0.1) is 46.3 Å². The number of nitrogens with two attached hydrogens (primary N) is 1. The fourth-order valence-electron chi connectivity index (χ4n) is 10.1. The van der Waals surface area contributed by atoms with E-state index in [1.165, 1.54) is 64.9 Å². The zero-order valence-electron chi connectivity index (χ0n) is 23.8. The molecule has 4 aliphatic rings. The summed E-state index contributed by atoms with van der Waals surface area (Å²) in [6.45, 7) is 10.6. The SMILES string of the molecule is CCC[C@@H](C)[C@H]1CCC2C3CCC4CC(N[C@@H](C(=O)CCCN)C(=O)OC)CC[C@]4(C)C3CC[C@@]21C. The van der Waals surface area contributed by atoms with Crippen molar-refractivity contribution in [1.29, 1.82) is 0 Å². The number of hydrogen-bond acceptors (Lipinski definition) is 5. The van der Waals surface area contributed by atoms with E-state index in [9.17, 15) is 9.59 Å². The number of nitrogens with one attached hydrogen (secondary N) is 1. The smallest absolute Gasteiger partial charge is 0.330 e. The van der Waals surface area contributed by atoms with Crippen molar-refractivity contribution in [3.63, 3.8) is 0 Å². The van der Waals surface area contributed by atoms with Crippen LogP contribution in [0.1, 0.15) is 111 Å². The Bertz CT molecular complexity index is 786. The first-order valence-electron chi connectivity index (χ1n) is 15.3. The Hall–Kier alpha value is -0.940. The number of fused-ring (bicyclic) bond motifs is 5. The zero-order valence-corrected chi connectivity index (χ0v) is 23.8. The van der Waals surface area contributed by atoms with Crippen LogP contribution in [-0.4, -0.2) is 37.5 Å². The fraction of sp³-hybridized carbons (Fsp3) is 0.935. The number of Topliss-reactive ketones (excluding diaryl/α,β-unsaturated/α-hetero) is 1. The number of methoxy groups -OCH3 is 1. The van der Waals surface area contributed by atoms with Crippen molar-refractivity contribution >= 4 is 11.8 Å². The summed E-state index contributed by atoms with van der Waals surface area (Å²) < 4.78 is 4.99. The molecule has 0 aromatic heterocycles. The van der Waals surface area contributed by atoms with E-state index in [2.05, 4.69) is 33.0 Å². The van der Waals surface area contributed by atoms with Crippen LogP contribution in [0.2, 0.25) is 0 Å². The van der Waals surface area contributed by atoms with Gasteiger partial charge in [0.1, 0.15) is 0 Å². The second-order valence-electron chi connectivity index (χ2n) is 13.6. The largest absolute Gasteiger partial charge is 0.468 e. The van der Waals surface area contributed by atoms with E-state index in [1.54, 1.807) is 0 Å². The van der Waals surface area contributed by atoms with Gasteiger partial charge in [-0.15, -0.1) is 0 Å². The summed E-state index contributed by atoms with van der Waals surface area (Å²) in [5, 5.41) is 3.45. The molecule has 0 aromatic carbocycles. The average molecular weight is 503 g/mol. The molecule has 206 valence electrons. The van der Waals surface area contributed by atoms with Crippen LogP contribution >= 0.6 is 0 Å². The highest BCUT2D eigenvalue weighted by Gasteiger charge is 2.60. The number of ether oxygens (including phenoxy) is 1. The Morgan fingerprint density at radius 1 is 1.03 bits per heavy atom. The molecule has 36 heavy (non-hydrogen) atoms. The van der Waals surface area contributed by atoms with Crippen molar-refractivity contribution in [1.82, 2.24) is 5.32 Å². The summed E-state index contributed by atoms with van der Waals surface area (Å²) in [6.07, 6.45) is 15.4. The third-order valence-corrected chi connectivity index (χ3v) is 12.0. The molecule has 4 aliphatic carbocycles. The number of ketones is 1. The topological polar surface area (TPSA) is 81.4 Å². The maximum Gasteiger partial charge on any atom is 0.330 e. The molecular weight excluding hydrogens is 448 g/mol. The lowest BCUT2D eigenvalue weighted by Crippen LogP contribution is -2.57. The Morgan fingerprint density at radius 2 is 1.75 bits per heavy atom. The first-order chi connectivity index (χ1) is 17.2. The Kier molecular flexibility index (Phi) is 8.92. The lowest BCUT2D eigenvalue weighted by molar-refractivity contribution is -0.147. The minimum absolute atomic E-state index is 0.0796. The van der Waals surface area contributed by atoms with Gasteiger partial charge in [0.15, 0.2) is 11.8 Å². The molecule has 10 atom stereocenters. The number of carbonyl (C=O) groups is 2. The van der Waals surface area contributed by atoms with Crippen LogP contribution in [0.15, 0.2) is 0 Å². The van der Waals surface area contributed by atoms with E-state index in [0.29, 0.717) is 36.1 Å². The molecule has 0 radical (unpaired) electrons. The maximum absolute atomic E-state index is 12.7. The summed E-state index contributed by atoms with van der Waals surface area (Å²) >= 11 is 0. The van der Waals surface area contributed by atoms with Crippen molar-refractivity contribution in [3.8, 4) is 0 Å². The molecule has 0 heterocycles. The van der Waals surface area contributed by atoms with Crippen LogP contribution < -0.4 is 11.1 Å². The Morgan fingerprint density at radius 3 is 2.44 bits per heavy atom. The first-order valence-corrected chi connectivity index (χ1v) is 15.3. The van der Waals surface area contributed by atoms with E-state index in [4.69, 9.17) is 10.5 Å². The zero-order chi connectivity index (χ0) is 26.1. The molecule has 4 fully saturated rings. The summed E-state index contributed by atoms with van der Waals surface area (Å²) in [5.74, 6) is 4.59. The highest BCUT2D eigenvalue weighted by Crippen LogP contribution is 2.68. The second-order valence-corrected chi connectivity index (χ2v) is 13.6. The molecule has 4 saturated carbocycles. The first kappa shape index (κ1) is 28.1.